The minimum Gasteiger partial charge on any atom is -0.356 e. The van der Waals surface area contributed by atoms with Gasteiger partial charge in [0.05, 0.1) is 0 Å². The smallest absolute Gasteiger partial charge is 0.220 e. The van der Waals surface area contributed by atoms with Crippen LogP contribution in [0.3, 0.4) is 0 Å². The van der Waals surface area contributed by atoms with Crippen LogP contribution in [-0.4, -0.2) is 34.1 Å². The molecule has 3 heterocycles. The molecule has 1 amide bonds. The summed E-state index contributed by atoms with van der Waals surface area (Å²) in [4.78, 5) is 16.3. The van der Waals surface area contributed by atoms with E-state index in [2.05, 4.69) is 15.6 Å². The van der Waals surface area contributed by atoms with Crippen LogP contribution in [0.2, 0.25) is 0 Å². The quantitative estimate of drug-likeness (QED) is 0.843. The van der Waals surface area contributed by atoms with E-state index in [4.69, 9.17) is 0 Å². The summed E-state index contributed by atoms with van der Waals surface area (Å²) >= 11 is 0. The molecule has 2 fully saturated rings. The van der Waals surface area contributed by atoms with Crippen molar-refractivity contribution in [3.05, 3.63) is 18.2 Å². The van der Waals surface area contributed by atoms with Crippen LogP contribution in [0.25, 0.3) is 0 Å². The van der Waals surface area contributed by atoms with Crippen molar-refractivity contribution in [2.75, 3.05) is 6.54 Å². The molecule has 2 saturated heterocycles. The van der Waals surface area contributed by atoms with Gasteiger partial charge in [0.2, 0.25) is 5.91 Å². The number of piperidine rings is 1. The van der Waals surface area contributed by atoms with Crippen LogP contribution in [0, 0.1) is 5.92 Å². The minimum atomic E-state index is 0.200. The number of aryl methyl sites for hydroxylation is 1. The second kappa shape index (κ2) is 5.95. The lowest BCUT2D eigenvalue weighted by molar-refractivity contribution is -0.122. The van der Waals surface area contributed by atoms with Crippen LogP contribution in [0.5, 0.6) is 0 Å². The van der Waals surface area contributed by atoms with Crippen LogP contribution in [0.4, 0.5) is 0 Å². The van der Waals surface area contributed by atoms with Gasteiger partial charge in [-0.05, 0) is 31.6 Å². The number of nitrogens with one attached hydrogen (secondary N) is 2. The van der Waals surface area contributed by atoms with E-state index < -0.39 is 0 Å². The largest absolute Gasteiger partial charge is 0.356 e. The van der Waals surface area contributed by atoms with Crippen molar-refractivity contribution in [3.8, 4) is 0 Å². The molecule has 2 N–H and O–H groups in total. The number of rotatable bonds is 5. The van der Waals surface area contributed by atoms with Crippen molar-refractivity contribution in [1.29, 1.82) is 0 Å². The lowest BCUT2D eigenvalue weighted by Crippen LogP contribution is -2.39. The molecule has 0 aromatic carbocycles. The average molecular weight is 276 g/mol. The molecule has 1 aromatic heterocycles. The number of aromatic nitrogens is 2. The van der Waals surface area contributed by atoms with Gasteiger partial charge < -0.3 is 15.2 Å². The van der Waals surface area contributed by atoms with Crippen LogP contribution in [0.15, 0.2) is 12.4 Å². The Morgan fingerprint density at radius 2 is 2.20 bits per heavy atom. The first-order valence-corrected chi connectivity index (χ1v) is 7.69. The molecule has 0 spiro atoms. The van der Waals surface area contributed by atoms with E-state index >= 15 is 0 Å². The second-order valence-corrected chi connectivity index (χ2v) is 6.23. The van der Waals surface area contributed by atoms with Crippen molar-refractivity contribution in [1.82, 2.24) is 20.2 Å². The summed E-state index contributed by atoms with van der Waals surface area (Å²) in [6, 6.07) is 1.33. The molecule has 2 unspecified atom stereocenters. The molecule has 2 aliphatic rings. The first-order chi connectivity index (χ1) is 9.70. The second-order valence-electron chi connectivity index (χ2n) is 6.23. The fourth-order valence-corrected chi connectivity index (χ4v) is 3.63. The number of hydrogen-bond acceptors (Lipinski definition) is 3. The first kappa shape index (κ1) is 13.6. The third-order valence-electron chi connectivity index (χ3n) is 4.64. The third-order valence-corrected chi connectivity index (χ3v) is 4.64. The molecule has 110 valence electrons. The Morgan fingerprint density at radius 1 is 1.45 bits per heavy atom. The lowest BCUT2D eigenvalue weighted by Gasteiger charge is -2.28. The number of nitrogens with zero attached hydrogens (tertiary/aromatic N) is 2. The van der Waals surface area contributed by atoms with Gasteiger partial charge in [0, 0.05) is 50.9 Å². The number of fused-ring (bicyclic) bond motifs is 2. The number of carbonyl (C=O) groups excluding carboxylic acids is 1. The highest BCUT2D eigenvalue weighted by Gasteiger charge is 2.33. The lowest BCUT2D eigenvalue weighted by atomic mass is 9.89. The summed E-state index contributed by atoms with van der Waals surface area (Å²) in [6.45, 7) is 0.682. The summed E-state index contributed by atoms with van der Waals surface area (Å²) < 4.78 is 2.00. The average Bonchev–Trinajstić information content (AvgIpc) is 2.96. The number of amides is 1. The van der Waals surface area contributed by atoms with E-state index in [9.17, 15) is 4.79 Å². The molecule has 0 aliphatic carbocycles. The molecular formula is C15H24N4O. The molecule has 0 radical (unpaired) electrons. The first-order valence-electron chi connectivity index (χ1n) is 7.69. The standard InChI is InChI=1S/C15H24N4O/c1-19-7-6-16-14(19)4-5-17-15(20)10-11-8-12-2-3-13(9-11)18-12/h6-7,11-13,18H,2-5,8-10H2,1H3,(H,17,20). The monoisotopic (exact) mass is 276 g/mol. The minimum absolute atomic E-state index is 0.200. The van der Waals surface area contributed by atoms with Crippen molar-refractivity contribution in [2.45, 2.75) is 50.6 Å². The Balaban J connectivity index is 1.38. The Kier molecular flexibility index (Phi) is 4.05. The van der Waals surface area contributed by atoms with Crippen LogP contribution >= 0.6 is 0 Å². The maximum atomic E-state index is 12.0. The highest BCUT2D eigenvalue weighted by molar-refractivity contribution is 5.76. The van der Waals surface area contributed by atoms with Crippen LogP contribution in [0.1, 0.15) is 37.9 Å². The van der Waals surface area contributed by atoms with Gasteiger partial charge in [-0.25, -0.2) is 4.98 Å². The molecule has 0 saturated carbocycles. The van der Waals surface area contributed by atoms with E-state index in [1.165, 1.54) is 25.7 Å². The molecule has 2 bridgehead atoms. The summed E-state index contributed by atoms with van der Waals surface area (Å²) in [5.41, 5.74) is 0. The van der Waals surface area contributed by atoms with E-state index in [-0.39, 0.29) is 5.91 Å². The van der Waals surface area contributed by atoms with E-state index in [0.717, 1.165) is 12.2 Å². The van der Waals surface area contributed by atoms with E-state index in [0.29, 0.717) is 31.0 Å². The van der Waals surface area contributed by atoms with Crippen LogP contribution < -0.4 is 10.6 Å². The third kappa shape index (κ3) is 3.20. The molecule has 2 aliphatic heterocycles. The fraction of sp³-hybridized carbons (Fsp3) is 0.733. The van der Waals surface area contributed by atoms with Gasteiger partial charge in [0.15, 0.2) is 0 Å². The zero-order valence-corrected chi connectivity index (χ0v) is 12.1. The molecule has 5 heteroatoms. The Hall–Kier alpha value is -1.36. The van der Waals surface area contributed by atoms with Gasteiger partial charge in [0.25, 0.3) is 0 Å². The molecule has 2 atom stereocenters. The van der Waals surface area contributed by atoms with Gasteiger partial charge >= 0.3 is 0 Å². The fourth-order valence-electron chi connectivity index (χ4n) is 3.63. The molecule has 1 aromatic rings. The number of hydrogen-bond donors (Lipinski definition) is 2. The maximum absolute atomic E-state index is 12.0. The van der Waals surface area contributed by atoms with E-state index in [1.807, 2.05) is 17.8 Å². The SMILES string of the molecule is Cn1ccnc1CCNC(=O)CC1CC2CCC(C1)N2. The molecule has 20 heavy (non-hydrogen) atoms. The van der Waals surface area contributed by atoms with Gasteiger partial charge in [-0.15, -0.1) is 0 Å². The Bertz CT molecular complexity index is 458. The maximum Gasteiger partial charge on any atom is 0.220 e. The zero-order chi connectivity index (χ0) is 13.9. The summed E-state index contributed by atoms with van der Waals surface area (Å²) in [6.07, 6.45) is 10.1. The van der Waals surface area contributed by atoms with Gasteiger partial charge in [-0.3, -0.25) is 4.79 Å². The zero-order valence-electron chi connectivity index (χ0n) is 12.1. The van der Waals surface area contributed by atoms with Crippen molar-refractivity contribution in [2.24, 2.45) is 13.0 Å². The summed E-state index contributed by atoms with van der Waals surface area (Å²) in [5, 5.41) is 6.65. The van der Waals surface area contributed by atoms with Gasteiger partial charge in [-0.1, -0.05) is 0 Å². The summed E-state index contributed by atoms with van der Waals surface area (Å²) in [5.74, 6) is 1.79. The topological polar surface area (TPSA) is 59.0 Å². The highest BCUT2D eigenvalue weighted by atomic mass is 16.1. The highest BCUT2D eigenvalue weighted by Crippen LogP contribution is 2.32. The van der Waals surface area contributed by atoms with Gasteiger partial charge in [0.1, 0.15) is 5.82 Å². The molecule has 5 nitrogen and oxygen atoms in total. The number of carbonyl (C=O) groups is 1. The van der Waals surface area contributed by atoms with Crippen molar-refractivity contribution < 1.29 is 4.79 Å². The normalized spacial score (nSPS) is 28.6. The summed E-state index contributed by atoms with van der Waals surface area (Å²) in [7, 11) is 1.98. The van der Waals surface area contributed by atoms with Crippen LogP contribution in [-0.2, 0) is 18.3 Å². The molecular weight excluding hydrogens is 252 g/mol. The number of imidazole rings is 1. The predicted molar refractivity (Wildman–Crippen MR) is 77.2 cm³/mol. The van der Waals surface area contributed by atoms with E-state index in [1.54, 1.807) is 6.20 Å². The van der Waals surface area contributed by atoms with Gasteiger partial charge in [-0.2, -0.15) is 0 Å². The Labute approximate surface area is 120 Å². The van der Waals surface area contributed by atoms with Crippen molar-refractivity contribution in [3.63, 3.8) is 0 Å². The van der Waals surface area contributed by atoms with Crippen molar-refractivity contribution >= 4 is 5.91 Å². The Morgan fingerprint density at radius 3 is 2.85 bits per heavy atom. The predicted octanol–water partition coefficient (Wildman–Crippen LogP) is 1.000. The molecule has 3 rings (SSSR count).